The first kappa shape index (κ1) is 22.7. The van der Waals surface area contributed by atoms with Gasteiger partial charge in [-0.15, -0.1) is 0 Å². The number of hydrogen-bond acceptors (Lipinski definition) is 8. The third kappa shape index (κ3) is 5.27. The van der Waals surface area contributed by atoms with Crippen LogP contribution >= 0.6 is 0 Å². The van der Waals surface area contributed by atoms with Crippen LogP contribution in [-0.2, 0) is 9.47 Å². The molecule has 1 saturated heterocycles. The number of ether oxygens (including phenoxy) is 2. The summed E-state index contributed by atoms with van der Waals surface area (Å²) < 4.78 is 11.4. The molecule has 1 heterocycles. The Morgan fingerprint density at radius 2 is 1.81 bits per heavy atom. The molecule has 1 aliphatic carbocycles. The Labute approximate surface area is 160 Å². The maximum absolute atomic E-state index is 10.2. The summed E-state index contributed by atoms with van der Waals surface area (Å²) in [6.45, 7) is 5.45. The number of allylic oxidation sites excluding steroid dienone is 1. The molecule has 6 N–H and O–H groups in total. The molecule has 0 spiro atoms. The van der Waals surface area contributed by atoms with Gasteiger partial charge in [-0.05, 0) is 30.1 Å². The average molecular weight is 390 g/mol. The van der Waals surface area contributed by atoms with Gasteiger partial charge in [-0.2, -0.15) is 0 Å². The second kappa shape index (κ2) is 9.28. The highest BCUT2D eigenvalue weighted by Crippen LogP contribution is 2.46. The maximum atomic E-state index is 10.2. The van der Waals surface area contributed by atoms with E-state index >= 15 is 0 Å². The predicted molar refractivity (Wildman–Crippen MR) is 96.5 cm³/mol. The first-order chi connectivity index (χ1) is 12.6. The van der Waals surface area contributed by atoms with Gasteiger partial charge in [-0.25, -0.2) is 0 Å². The van der Waals surface area contributed by atoms with E-state index in [9.17, 15) is 25.5 Å². The van der Waals surface area contributed by atoms with E-state index in [1.165, 1.54) is 0 Å². The normalized spacial score (nSPS) is 43.7. The molecule has 0 bridgehead atoms. The second-order valence-corrected chi connectivity index (χ2v) is 8.52. The number of rotatable bonds is 6. The highest BCUT2D eigenvalue weighted by molar-refractivity contribution is 5.04. The fraction of sp³-hybridized carbons (Fsp3) is 0.895. The highest BCUT2D eigenvalue weighted by Gasteiger charge is 2.47. The van der Waals surface area contributed by atoms with Crippen LogP contribution in [0.1, 0.15) is 33.6 Å². The van der Waals surface area contributed by atoms with E-state index in [2.05, 4.69) is 20.8 Å². The molecule has 8 heteroatoms. The first-order valence-corrected chi connectivity index (χ1v) is 9.54. The van der Waals surface area contributed by atoms with Crippen molar-refractivity contribution in [3.63, 3.8) is 0 Å². The summed E-state index contributed by atoms with van der Waals surface area (Å²) in [5.41, 5.74) is -0.165. The van der Waals surface area contributed by atoms with Gasteiger partial charge in [0, 0.05) is 0 Å². The zero-order valence-electron chi connectivity index (χ0n) is 16.2. The monoisotopic (exact) mass is 390 g/mol. The van der Waals surface area contributed by atoms with Crippen molar-refractivity contribution in [1.29, 1.82) is 0 Å². The van der Waals surface area contributed by atoms with Gasteiger partial charge in [-0.3, -0.25) is 0 Å². The van der Waals surface area contributed by atoms with Crippen LogP contribution in [0.25, 0.3) is 0 Å². The summed E-state index contributed by atoms with van der Waals surface area (Å²) >= 11 is 0. The molecule has 0 radical (unpaired) electrons. The van der Waals surface area contributed by atoms with Gasteiger partial charge in [0.2, 0.25) is 0 Å². The highest BCUT2D eigenvalue weighted by atomic mass is 16.7. The molecule has 2 aliphatic rings. The zero-order valence-corrected chi connectivity index (χ0v) is 16.2. The largest absolute Gasteiger partial charge is 0.394 e. The van der Waals surface area contributed by atoms with Crippen LogP contribution < -0.4 is 0 Å². The van der Waals surface area contributed by atoms with E-state index < -0.39 is 43.4 Å². The molecule has 0 aromatic rings. The Kier molecular flexibility index (Phi) is 7.80. The summed E-state index contributed by atoms with van der Waals surface area (Å²) in [7, 11) is 0. The Morgan fingerprint density at radius 1 is 1.15 bits per heavy atom. The predicted octanol–water partition coefficient (Wildman–Crippen LogP) is -0.847. The van der Waals surface area contributed by atoms with Crippen LogP contribution in [0.2, 0.25) is 0 Å². The van der Waals surface area contributed by atoms with Crippen molar-refractivity contribution in [2.75, 3.05) is 13.2 Å². The van der Waals surface area contributed by atoms with Crippen LogP contribution in [0.5, 0.6) is 0 Å². The van der Waals surface area contributed by atoms with Gasteiger partial charge in [0.1, 0.15) is 24.4 Å². The van der Waals surface area contributed by atoms with Gasteiger partial charge in [0.15, 0.2) is 6.29 Å². The summed E-state index contributed by atoms with van der Waals surface area (Å²) in [6, 6.07) is 0. The Morgan fingerprint density at radius 3 is 2.37 bits per heavy atom. The molecule has 2 fully saturated rings. The zero-order chi connectivity index (χ0) is 20.4. The maximum Gasteiger partial charge on any atom is 0.186 e. The third-order valence-electron chi connectivity index (χ3n) is 5.81. The van der Waals surface area contributed by atoms with E-state index in [4.69, 9.17) is 14.6 Å². The minimum atomic E-state index is -1.45. The average Bonchev–Trinajstić information content (AvgIpc) is 2.60. The fourth-order valence-electron chi connectivity index (χ4n) is 4.37. The molecule has 8 nitrogen and oxygen atoms in total. The Hall–Kier alpha value is -0.580. The SMILES string of the molecule is CC1CC(OC2OC(CO)C(O)C(O)C2O)CC(C)(C)C1C=CC(O)CO. The lowest BCUT2D eigenvalue weighted by molar-refractivity contribution is -0.316. The van der Waals surface area contributed by atoms with Crippen molar-refractivity contribution < 1.29 is 40.1 Å². The summed E-state index contributed by atoms with van der Waals surface area (Å²) in [6.07, 6.45) is -2.59. The smallest absolute Gasteiger partial charge is 0.186 e. The molecule has 0 aromatic carbocycles. The number of hydrogen-bond donors (Lipinski definition) is 6. The Balaban J connectivity index is 2.04. The second-order valence-electron chi connectivity index (χ2n) is 8.52. The summed E-state index contributed by atoms with van der Waals surface area (Å²) in [5.74, 6) is 0.388. The van der Waals surface area contributed by atoms with E-state index in [1.54, 1.807) is 6.08 Å². The fourth-order valence-corrected chi connectivity index (χ4v) is 4.37. The van der Waals surface area contributed by atoms with Crippen molar-refractivity contribution in [2.45, 2.75) is 76.5 Å². The molecule has 0 aromatic heterocycles. The van der Waals surface area contributed by atoms with E-state index in [1.807, 2.05) is 6.08 Å². The van der Waals surface area contributed by atoms with Crippen molar-refractivity contribution in [2.24, 2.45) is 17.3 Å². The Bertz CT molecular complexity index is 494. The molecule has 9 unspecified atom stereocenters. The van der Waals surface area contributed by atoms with Gasteiger partial charge in [0.05, 0.1) is 25.4 Å². The quantitative estimate of drug-likeness (QED) is 0.323. The molecular formula is C19H34O8. The lowest BCUT2D eigenvalue weighted by atomic mass is 9.63. The minimum absolute atomic E-state index is 0.165. The van der Waals surface area contributed by atoms with Crippen LogP contribution in [0.15, 0.2) is 12.2 Å². The van der Waals surface area contributed by atoms with Gasteiger partial charge >= 0.3 is 0 Å². The number of aliphatic hydroxyl groups is 6. The molecular weight excluding hydrogens is 356 g/mol. The van der Waals surface area contributed by atoms with Crippen molar-refractivity contribution in [1.82, 2.24) is 0 Å². The molecule has 158 valence electrons. The van der Waals surface area contributed by atoms with Crippen LogP contribution in [-0.4, -0.2) is 86.8 Å². The molecule has 1 aliphatic heterocycles. The van der Waals surface area contributed by atoms with Crippen molar-refractivity contribution >= 4 is 0 Å². The lowest BCUT2D eigenvalue weighted by Crippen LogP contribution is -2.60. The summed E-state index contributed by atoms with van der Waals surface area (Å²) in [5, 5.41) is 57.8. The molecule has 1 saturated carbocycles. The van der Waals surface area contributed by atoms with E-state index in [-0.39, 0.29) is 30.0 Å². The molecule has 2 rings (SSSR count). The van der Waals surface area contributed by atoms with Crippen molar-refractivity contribution in [3.05, 3.63) is 12.2 Å². The topological polar surface area (TPSA) is 140 Å². The van der Waals surface area contributed by atoms with Gasteiger partial charge in [0.25, 0.3) is 0 Å². The third-order valence-corrected chi connectivity index (χ3v) is 5.81. The summed E-state index contributed by atoms with van der Waals surface area (Å²) in [4.78, 5) is 0. The van der Waals surface area contributed by atoms with Crippen LogP contribution in [0.3, 0.4) is 0 Å². The van der Waals surface area contributed by atoms with E-state index in [0.717, 1.165) is 0 Å². The van der Waals surface area contributed by atoms with Gasteiger partial charge in [-0.1, -0.05) is 32.9 Å². The molecule has 0 amide bonds. The lowest BCUT2D eigenvalue weighted by Gasteiger charge is -2.47. The van der Waals surface area contributed by atoms with Crippen molar-refractivity contribution in [3.8, 4) is 0 Å². The first-order valence-electron chi connectivity index (χ1n) is 9.54. The van der Waals surface area contributed by atoms with Crippen LogP contribution in [0.4, 0.5) is 0 Å². The molecule has 9 atom stereocenters. The minimum Gasteiger partial charge on any atom is -0.394 e. The number of aliphatic hydroxyl groups excluding tert-OH is 6. The van der Waals surface area contributed by atoms with Crippen LogP contribution in [0, 0.1) is 17.3 Å². The standard InChI is InChI=1S/C19H34O8/c1-10-6-12(7-19(2,3)13(10)5-4-11(22)8-20)26-18-17(25)16(24)15(23)14(9-21)27-18/h4-5,10-18,20-25H,6-9H2,1-3H3. The van der Waals surface area contributed by atoms with Gasteiger partial charge < -0.3 is 40.1 Å². The van der Waals surface area contributed by atoms with E-state index in [0.29, 0.717) is 12.8 Å². The molecule has 27 heavy (non-hydrogen) atoms.